The van der Waals surface area contributed by atoms with Gasteiger partial charge in [0.05, 0.1) is 18.3 Å². The lowest BCUT2D eigenvalue weighted by atomic mass is 10.2. The van der Waals surface area contributed by atoms with E-state index in [2.05, 4.69) is 42.8 Å². The molecule has 2 N–H and O–H groups in total. The molecule has 2 saturated heterocycles. The number of anilines is 2. The Morgan fingerprint density at radius 1 is 1.09 bits per heavy atom. The van der Waals surface area contributed by atoms with Crippen LogP contribution in [0.15, 0.2) is 67.3 Å². The molecule has 176 valence electrons. The highest BCUT2D eigenvalue weighted by molar-refractivity contribution is 5.85. The molecule has 0 radical (unpaired) electrons. The Hall–Kier alpha value is -3.82. The molecule has 0 saturated carbocycles. The van der Waals surface area contributed by atoms with E-state index in [0.717, 1.165) is 53.1 Å². The van der Waals surface area contributed by atoms with Gasteiger partial charge < -0.3 is 10.6 Å². The molecule has 2 aliphatic rings. The summed E-state index contributed by atoms with van der Waals surface area (Å²) in [5, 5.41) is 17.0. The Kier molecular flexibility index (Phi) is 4.78. The van der Waals surface area contributed by atoms with Gasteiger partial charge in [0, 0.05) is 49.0 Å². The van der Waals surface area contributed by atoms with E-state index >= 15 is 0 Å². The van der Waals surface area contributed by atoms with Crippen molar-refractivity contribution in [2.45, 2.75) is 31.6 Å². The lowest BCUT2D eigenvalue weighted by Gasteiger charge is -2.27. The summed E-state index contributed by atoms with van der Waals surface area (Å²) in [4.78, 5) is 7.14. The molecule has 2 aliphatic heterocycles. The first kappa shape index (κ1) is 20.5. The molecular weight excluding hydrogens is 443 g/mol. The van der Waals surface area contributed by atoms with Crippen LogP contribution in [0.5, 0.6) is 0 Å². The minimum Gasteiger partial charge on any atom is -0.338 e. The number of aromatic nitrogens is 5. The molecule has 2 aromatic carbocycles. The fourth-order valence-electron chi connectivity index (χ4n) is 5.53. The van der Waals surface area contributed by atoms with Gasteiger partial charge in [0.1, 0.15) is 17.7 Å². The first-order chi connectivity index (χ1) is 17.2. The van der Waals surface area contributed by atoms with Gasteiger partial charge in [-0.3, -0.25) is 9.58 Å². The van der Waals surface area contributed by atoms with E-state index in [9.17, 15) is 4.39 Å². The molecular formula is C26H25FN8. The van der Waals surface area contributed by atoms with Crippen molar-refractivity contribution >= 4 is 27.9 Å². The quantitative estimate of drug-likeness (QED) is 0.397. The van der Waals surface area contributed by atoms with Crippen LogP contribution in [-0.4, -0.2) is 54.5 Å². The first-order valence-electron chi connectivity index (χ1n) is 12.0. The van der Waals surface area contributed by atoms with Gasteiger partial charge in [-0.25, -0.2) is 13.9 Å². The Bertz CT molecular complexity index is 1540. The summed E-state index contributed by atoms with van der Waals surface area (Å²) in [5.74, 6) is 0.550. The third-order valence-electron chi connectivity index (χ3n) is 7.21. The van der Waals surface area contributed by atoms with E-state index in [4.69, 9.17) is 0 Å². The van der Waals surface area contributed by atoms with Crippen LogP contribution in [0.25, 0.3) is 16.4 Å². The summed E-state index contributed by atoms with van der Waals surface area (Å²) in [5.41, 5.74) is 5.03. The summed E-state index contributed by atoms with van der Waals surface area (Å²) < 4.78 is 17.4. The molecule has 5 aromatic rings. The maximum atomic E-state index is 13.6. The van der Waals surface area contributed by atoms with Crippen LogP contribution in [0.3, 0.4) is 0 Å². The fraction of sp³-hybridized carbons (Fsp3) is 0.269. The number of benzene rings is 2. The average Bonchev–Trinajstić information content (AvgIpc) is 3.65. The molecule has 2 bridgehead atoms. The Labute approximate surface area is 201 Å². The molecule has 9 heteroatoms. The normalized spacial score (nSPS) is 19.8. The minimum atomic E-state index is -0.236. The van der Waals surface area contributed by atoms with E-state index in [1.807, 2.05) is 39.8 Å². The van der Waals surface area contributed by atoms with E-state index in [1.165, 1.54) is 18.1 Å². The number of piperazine rings is 1. The summed E-state index contributed by atoms with van der Waals surface area (Å²) >= 11 is 0. The molecule has 2 fully saturated rings. The molecule has 8 nitrogen and oxygen atoms in total. The van der Waals surface area contributed by atoms with E-state index < -0.39 is 0 Å². The van der Waals surface area contributed by atoms with Crippen molar-refractivity contribution in [3.63, 3.8) is 0 Å². The Morgan fingerprint density at radius 3 is 2.91 bits per heavy atom. The van der Waals surface area contributed by atoms with Gasteiger partial charge in [0.15, 0.2) is 5.82 Å². The highest BCUT2D eigenvalue weighted by atomic mass is 19.1. The van der Waals surface area contributed by atoms with Gasteiger partial charge in [-0.15, -0.1) is 0 Å². The van der Waals surface area contributed by atoms with Crippen molar-refractivity contribution in [1.82, 2.24) is 34.6 Å². The molecule has 2 unspecified atom stereocenters. The number of halogens is 1. The summed E-state index contributed by atoms with van der Waals surface area (Å²) in [6, 6.07) is 16.1. The zero-order valence-electron chi connectivity index (χ0n) is 19.1. The van der Waals surface area contributed by atoms with Crippen LogP contribution >= 0.6 is 0 Å². The standard InChI is InChI=1S/C26H25FN8/c27-20-3-1-2-17(8-20)13-35-24-5-4-21(9-19(24)11-30-35)32-26-25-18(6-7-34(25)31-16-29-26)14-33-15-22-10-23(33)12-28-22/h1-9,11,16,22-23,28H,10,12-15H2,(H,29,31,32). The molecule has 0 aliphatic carbocycles. The molecule has 2 atom stereocenters. The lowest BCUT2D eigenvalue weighted by Crippen LogP contribution is -2.42. The van der Waals surface area contributed by atoms with Gasteiger partial charge in [0.25, 0.3) is 0 Å². The second kappa shape index (κ2) is 8.14. The van der Waals surface area contributed by atoms with Crippen molar-refractivity contribution in [3.8, 4) is 0 Å². The Balaban J connectivity index is 1.16. The largest absolute Gasteiger partial charge is 0.338 e. The molecule has 3 aromatic heterocycles. The Morgan fingerprint density at radius 2 is 2.06 bits per heavy atom. The molecule has 35 heavy (non-hydrogen) atoms. The highest BCUT2D eigenvalue weighted by Gasteiger charge is 2.37. The van der Waals surface area contributed by atoms with Gasteiger partial charge in [0.2, 0.25) is 0 Å². The van der Waals surface area contributed by atoms with E-state index in [1.54, 1.807) is 18.5 Å². The second-order valence-corrected chi connectivity index (χ2v) is 9.50. The number of fused-ring (bicyclic) bond motifs is 4. The number of hydrogen-bond acceptors (Lipinski definition) is 6. The summed E-state index contributed by atoms with van der Waals surface area (Å²) in [7, 11) is 0. The maximum absolute atomic E-state index is 13.6. The number of likely N-dealkylation sites (tertiary alicyclic amines) is 1. The molecule has 0 spiro atoms. The van der Waals surface area contributed by atoms with Crippen LogP contribution < -0.4 is 10.6 Å². The maximum Gasteiger partial charge on any atom is 0.158 e. The van der Waals surface area contributed by atoms with Crippen molar-refractivity contribution in [1.29, 1.82) is 0 Å². The molecule has 0 amide bonds. The molecule has 7 rings (SSSR count). The average molecular weight is 469 g/mol. The van der Waals surface area contributed by atoms with Gasteiger partial charge in [-0.05, 0) is 53.9 Å². The molecule has 5 heterocycles. The van der Waals surface area contributed by atoms with Gasteiger partial charge in [-0.1, -0.05) is 12.1 Å². The lowest BCUT2D eigenvalue weighted by molar-refractivity contribution is 0.218. The van der Waals surface area contributed by atoms with Crippen molar-refractivity contribution in [2.24, 2.45) is 0 Å². The fourth-order valence-corrected chi connectivity index (χ4v) is 5.53. The van der Waals surface area contributed by atoms with E-state index in [0.29, 0.717) is 18.6 Å². The number of nitrogens with one attached hydrogen (secondary N) is 2. The predicted molar refractivity (Wildman–Crippen MR) is 132 cm³/mol. The van der Waals surface area contributed by atoms with Gasteiger partial charge >= 0.3 is 0 Å². The van der Waals surface area contributed by atoms with Crippen LogP contribution in [-0.2, 0) is 13.1 Å². The van der Waals surface area contributed by atoms with Gasteiger partial charge in [-0.2, -0.15) is 10.2 Å². The van der Waals surface area contributed by atoms with E-state index in [-0.39, 0.29) is 5.82 Å². The highest BCUT2D eigenvalue weighted by Crippen LogP contribution is 2.30. The van der Waals surface area contributed by atoms with Crippen molar-refractivity contribution in [2.75, 3.05) is 18.4 Å². The SMILES string of the molecule is Fc1cccc(Cn2ncc3cc(Nc4ncnn5ccc(CN6CC7CC6CN7)c45)ccc32)c1. The monoisotopic (exact) mass is 468 g/mol. The topological polar surface area (TPSA) is 75.3 Å². The van der Waals surface area contributed by atoms with Crippen LogP contribution in [0.1, 0.15) is 17.5 Å². The summed E-state index contributed by atoms with van der Waals surface area (Å²) in [6.45, 7) is 3.58. The number of nitrogens with zero attached hydrogens (tertiary/aromatic N) is 6. The smallest absolute Gasteiger partial charge is 0.158 e. The third-order valence-corrected chi connectivity index (χ3v) is 7.21. The van der Waals surface area contributed by atoms with Crippen molar-refractivity contribution < 1.29 is 4.39 Å². The minimum absolute atomic E-state index is 0.236. The van der Waals surface area contributed by atoms with Crippen molar-refractivity contribution in [3.05, 3.63) is 84.2 Å². The van der Waals surface area contributed by atoms with Crippen LogP contribution in [0.2, 0.25) is 0 Å². The predicted octanol–water partition coefficient (Wildman–Crippen LogP) is 3.56. The zero-order chi connectivity index (χ0) is 23.4. The second-order valence-electron chi connectivity index (χ2n) is 9.50. The zero-order valence-corrected chi connectivity index (χ0v) is 19.1. The first-order valence-corrected chi connectivity index (χ1v) is 12.0. The summed E-state index contributed by atoms with van der Waals surface area (Å²) in [6.07, 6.45) is 6.66. The van der Waals surface area contributed by atoms with Crippen LogP contribution in [0, 0.1) is 5.82 Å². The number of hydrogen-bond donors (Lipinski definition) is 2. The van der Waals surface area contributed by atoms with Crippen LogP contribution in [0.4, 0.5) is 15.9 Å². The third kappa shape index (κ3) is 3.73. The number of rotatable bonds is 6.